The molecule has 2 aromatic carbocycles. The van der Waals surface area contributed by atoms with Crippen molar-refractivity contribution in [3.8, 4) is 34.5 Å². The Morgan fingerprint density at radius 2 is 1.30 bits per heavy atom. The Labute approximate surface area is 255 Å². The van der Waals surface area contributed by atoms with Gasteiger partial charge in [0.15, 0.2) is 17.8 Å². The molecule has 1 amide bonds. The highest BCUT2D eigenvalue weighted by Gasteiger charge is 2.44. The van der Waals surface area contributed by atoms with Crippen LogP contribution < -0.4 is 15.5 Å². The fraction of sp³-hybridized carbons (Fsp3) is 0.562. The maximum atomic E-state index is 13.5. The van der Waals surface area contributed by atoms with Gasteiger partial charge in [-0.1, -0.05) is 38.5 Å². The summed E-state index contributed by atoms with van der Waals surface area (Å²) in [5.41, 5.74) is -1.67. The Morgan fingerprint density at radius 1 is 0.773 bits per heavy atom. The van der Waals surface area contributed by atoms with Gasteiger partial charge in [0, 0.05) is 29.7 Å². The van der Waals surface area contributed by atoms with Crippen molar-refractivity contribution in [1.82, 2.24) is 0 Å². The molecular formula is C32H40N2O10-2. The van der Waals surface area contributed by atoms with E-state index in [-0.39, 0.29) is 18.0 Å². The average molecular weight is 613 g/mol. The van der Waals surface area contributed by atoms with E-state index in [9.17, 15) is 45.6 Å². The van der Waals surface area contributed by atoms with E-state index in [1.807, 2.05) is 0 Å². The first-order valence-electron chi connectivity index (χ1n) is 15.4. The zero-order valence-corrected chi connectivity index (χ0v) is 24.4. The predicted molar refractivity (Wildman–Crippen MR) is 156 cm³/mol. The Morgan fingerprint density at radius 3 is 1.89 bits per heavy atom. The van der Waals surface area contributed by atoms with Crippen LogP contribution in [0.5, 0.6) is 34.5 Å². The van der Waals surface area contributed by atoms with Gasteiger partial charge in [-0.25, -0.2) is 4.99 Å². The predicted octanol–water partition coefficient (Wildman–Crippen LogP) is 3.42. The van der Waals surface area contributed by atoms with E-state index in [0.717, 1.165) is 76.3 Å². The Hall–Kier alpha value is -3.90. The third-order valence-corrected chi connectivity index (χ3v) is 9.43. The Balaban J connectivity index is 1.34. The number of phenols is 6. The highest BCUT2D eigenvalue weighted by atomic mass is 16.5. The minimum absolute atomic E-state index is 0.164. The molecule has 12 heteroatoms. The van der Waals surface area contributed by atoms with Crippen LogP contribution in [0.25, 0.3) is 0 Å². The number of phenolic OH excluding ortho intramolecular Hbond substituents is 6. The van der Waals surface area contributed by atoms with Crippen LogP contribution in [-0.2, 0) is 9.53 Å². The highest BCUT2D eigenvalue weighted by molar-refractivity contribution is 5.95. The Bertz CT molecular complexity index is 1370. The largest absolute Gasteiger partial charge is 0.851 e. The lowest BCUT2D eigenvalue weighted by Crippen LogP contribution is -2.63. The first kappa shape index (κ1) is 31.5. The summed E-state index contributed by atoms with van der Waals surface area (Å²) in [5, 5.41) is 93.0. The summed E-state index contributed by atoms with van der Waals surface area (Å²) >= 11 is 0. The molecule has 0 spiro atoms. The molecule has 2 atom stereocenters. The van der Waals surface area contributed by atoms with E-state index >= 15 is 0 Å². The molecule has 3 aliphatic carbocycles. The summed E-state index contributed by atoms with van der Waals surface area (Å²) in [6.07, 6.45) is 7.93. The van der Waals surface area contributed by atoms with Crippen molar-refractivity contribution < 1.29 is 50.4 Å². The average Bonchev–Trinajstić information content (AvgIpc) is 2.99. The lowest BCUT2D eigenvalue weighted by atomic mass is 9.62. The third kappa shape index (κ3) is 6.32. The number of ether oxygens (including phenoxy) is 1. The summed E-state index contributed by atoms with van der Waals surface area (Å²) in [5.74, 6) is -7.20. The first-order valence-corrected chi connectivity index (χ1v) is 15.4. The number of carbonyl (C=O) groups excluding carboxylic acids is 1. The smallest absolute Gasteiger partial charge is 0.224 e. The second-order valence-electron chi connectivity index (χ2n) is 12.4. The monoisotopic (exact) mass is 612 g/mol. The van der Waals surface area contributed by atoms with Crippen LogP contribution in [-0.4, -0.2) is 61.8 Å². The molecule has 0 aliphatic heterocycles. The fourth-order valence-corrected chi connectivity index (χ4v) is 7.01. The second-order valence-corrected chi connectivity index (χ2v) is 12.4. The number of aromatic hydroxyl groups is 6. The van der Waals surface area contributed by atoms with E-state index in [2.05, 4.69) is 10.3 Å². The number of benzene rings is 2. The first-order chi connectivity index (χ1) is 21.1. The molecule has 240 valence electrons. The van der Waals surface area contributed by atoms with Crippen LogP contribution in [0.2, 0.25) is 0 Å². The van der Waals surface area contributed by atoms with Crippen molar-refractivity contribution in [2.75, 3.05) is 11.9 Å². The van der Waals surface area contributed by atoms with Gasteiger partial charge in [0.1, 0.15) is 34.4 Å². The van der Waals surface area contributed by atoms with Gasteiger partial charge in [-0.05, 0) is 49.4 Å². The zero-order chi connectivity index (χ0) is 31.5. The maximum Gasteiger partial charge on any atom is 0.224 e. The summed E-state index contributed by atoms with van der Waals surface area (Å²) < 4.78 is 5.49. The number of carbonyl (C=O) groups is 1. The van der Waals surface area contributed by atoms with Crippen molar-refractivity contribution in [3.05, 3.63) is 23.3 Å². The third-order valence-electron chi connectivity index (χ3n) is 9.43. The quantitative estimate of drug-likeness (QED) is 0.0947. The molecule has 44 heavy (non-hydrogen) atoms. The number of rotatable bonds is 9. The van der Waals surface area contributed by atoms with E-state index in [1.54, 1.807) is 0 Å². The number of hydrogen-bond donors (Lipinski definition) is 7. The molecule has 0 aromatic heterocycles. The van der Waals surface area contributed by atoms with E-state index in [4.69, 9.17) is 4.74 Å². The summed E-state index contributed by atoms with van der Waals surface area (Å²) in [6, 6.07) is 1.71. The standard InChI is InChI=1S/C32H40N2O10/c35-18-12-20(37)27(33-15-44-14-17-9-5-2-6-10-17)31(42)23(18)25-29(40)26(30(25)41)24-19(36)13-21(38)28(32(24)43)34-22(39)11-16-7-3-1-4-8-16/h12-13,15-17,25-26,29-30,35-38,42-43H,1-11,14H2,(H,34,39)/q-2. The van der Waals surface area contributed by atoms with Gasteiger partial charge in [0.25, 0.3) is 0 Å². The molecule has 3 saturated carbocycles. The molecule has 2 unspecified atom stereocenters. The minimum atomic E-state index is -1.87. The number of anilines is 1. The molecule has 0 bridgehead atoms. The van der Waals surface area contributed by atoms with Gasteiger partial charge in [0.2, 0.25) is 5.91 Å². The van der Waals surface area contributed by atoms with Gasteiger partial charge < -0.3 is 50.9 Å². The second kappa shape index (κ2) is 13.4. The summed E-state index contributed by atoms with van der Waals surface area (Å²) in [7, 11) is 0. The fourth-order valence-electron chi connectivity index (χ4n) is 7.01. The van der Waals surface area contributed by atoms with E-state index in [1.165, 1.54) is 6.42 Å². The van der Waals surface area contributed by atoms with Crippen molar-refractivity contribution in [2.45, 2.75) is 94.7 Å². The van der Waals surface area contributed by atoms with E-state index < -0.39 is 81.3 Å². The summed E-state index contributed by atoms with van der Waals surface area (Å²) in [4.78, 5) is 16.7. The topological polar surface area (TPSA) is 218 Å². The molecule has 2 aromatic rings. The SMILES string of the molecule is O=C(CC1CCCCC1)Nc1c(O)cc(O)c(C2C([O-])C(c3c(O)cc(O)c(N=COCC4CCCCC4)c3O)C2[O-])c1O. The van der Waals surface area contributed by atoms with Crippen molar-refractivity contribution in [3.63, 3.8) is 0 Å². The lowest BCUT2D eigenvalue weighted by molar-refractivity contribution is -0.536. The van der Waals surface area contributed by atoms with Crippen LogP contribution in [0, 0.1) is 11.8 Å². The normalized spacial score (nSPS) is 24.7. The molecular weight excluding hydrogens is 572 g/mol. The van der Waals surface area contributed by atoms with Gasteiger partial charge >= 0.3 is 0 Å². The number of aliphatic imine (C=N–C) groups is 1. The van der Waals surface area contributed by atoms with Gasteiger partial charge in [-0.3, -0.25) is 4.79 Å². The molecule has 0 saturated heterocycles. The molecule has 0 radical (unpaired) electrons. The van der Waals surface area contributed by atoms with Crippen molar-refractivity contribution in [1.29, 1.82) is 0 Å². The molecule has 0 heterocycles. The number of nitrogens with zero attached hydrogens (tertiary/aromatic N) is 1. The molecule has 5 rings (SSSR count). The van der Waals surface area contributed by atoms with Crippen LogP contribution >= 0.6 is 0 Å². The summed E-state index contributed by atoms with van der Waals surface area (Å²) in [6.45, 7) is 0.411. The minimum Gasteiger partial charge on any atom is -0.851 e. The van der Waals surface area contributed by atoms with Crippen molar-refractivity contribution in [2.24, 2.45) is 16.8 Å². The number of hydrogen-bond acceptors (Lipinski definition) is 11. The molecule has 12 nitrogen and oxygen atoms in total. The number of amides is 1. The van der Waals surface area contributed by atoms with Crippen LogP contribution in [0.3, 0.4) is 0 Å². The van der Waals surface area contributed by atoms with E-state index in [0.29, 0.717) is 12.5 Å². The Kier molecular flexibility index (Phi) is 9.59. The molecule has 3 fully saturated rings. The highest BCUT2D eigenvalue weighted by Crippen LogP contribution is 2.58. The van der Waals surface area contributed by atoms with Gasteiger partial charge in [-0.2, -0.15) is 0 Å². The van der Waals surface area contributed by atoms with Crippen LogP contribution in [0.1, 0.15) is 93.6 Å². The van der Waals surface area contributed by atoms with Crippen molar-refractivity contribution >= 4 is 23.7 Å². The molecule has 3 aliphatic rings. The molecule has 7 N–H and O–H groups in total. The van der Waals surface area contributed by atoms with Gasteiger partial charge in [0.05, 0.1) is 6.61 Å². The number of nitrogens with one attached hydrogen (secondary N) is 1. The zero-order valence-electron chi connectivity index (χ0n) is 24.4. The van der Waals surface area contributed by atoms with Gasteiger partial charge in [-0.15, -0.1) is 12.2 Å². The maximum absolute atomic E-state index is 13.5. The van der Waals surface area contributed by atoms with Crippen LogP contribution in [0.4, 0.5) is 11.4 Å². The van der Waals surface area contributed by atoms with Crippen LogP contribution in [0.15, 0.2) is 17.1 Å². The lowest BCUT2D eigenvalue weighted by Gasteiger charge is -2.61.